The van der Waals surface area contributed by atoms with E-state index in [9.17, 15) is 9.59 Å². The molecule has 0 saturated heterocycles. The number of nitrogens with two attached hydrogens (primary N) is 1. The van der Waals surface area contributed by atoms with Crippen molar-refractivity contribution in [2.24, 2.45) is 11.7 Å². The zero-order valence-electron chi connectivity index (χ0n) is 13.0. The Balaban J connectivity index is 2.08. The van der Waals surface area contributed by atoms with Gasteiger partial charge in [-0.15, -0.1) is 0 Å². The van der Waals surface area contributed by atoms with E-state index in [1.54, 1.807) is 0 Å². The molecule has 1 heterocycles. The molecule has 1 aliphatic heterocycles. The predicted molar refractivity (Wildman–Crippen MR) is 83.4 cm³/mol. The molecular weight excluding hydrogens is 282 g/mol. The molecule has 0 aromatic heterocycles. The number of benzene rings is 1. The second-order valence-corrected chi connectivity index (χ2v) is 5.93. The van der Waals surface area contributed by atoms with Gasteiger partial charge in [-0.05, 0) is 18.4 Å². The smallest absolute Gasteiger partial charge is 0.312 e. The first-order valence-corrected chi connectivity index (χ1v) is 7.55. The Bertz CT molecular complexity index is 545. The number of para-hydroxylation sites is 1. The molecule has 4 N–H and O–H groups in total. The van der Waals surface area contributed by atoms with Crippen LogP contribution >= 0.6 is 0 Å². The third kappa shape index (κ3) is 4.13. The molecule has 0 radical (unpaired) electrons. The highest BCUT2D eigenvalue weighted by Crippen LogP contribution is 2.31. The Morgan fingerprint density at radius 2 is 2.09 bits per heavy atom. The lowest BCUT2D eigenvalue weighted by Crippen LogP contribution is -2.50. The Morgan fingerprint density at radius 3 is 2.77 bits per heavy atom. The monoisotopic (exact) mass is 305 g/mol. The van der Waals surface area contributed by atoms with Crippen LogP contribution in [0.3, 0.4) is 0 Å². The maximum atomic E-state index is 12.5. The van der Waals surface area contributed by atoms with Crippen molar-refractivity contribution >= 4 is 11.9 Å². The van der Waals surface area contributed by atoms with Crippen LogP contribution in [0.1, 0.15) is 38.3 Å². The summed E-state index contributed by atoms with van der Waals surface area (Å²) in [6.45, 7) is 4.54. The molecule has 1 aromatic rings. The van der Waals surface area contributed by atoms with Crippen molar-refractivity contribution in [3.8, 4) is 5.75 Å². The third-order valence-corrected chi connectivity index (χ3v) is 3.62. The number of hydrogen-bond donors (Lipinski definition) is 3. The van der Waals surface area contributed by atoms with Gasteiger partial charge in [-0.3, -0.25) is 4.79 Å². The van der Waals surface area contributed by atoms with Gasteiger partial charge in [0.05, 0.1) is 12.6 Å². The molecule has 22 heavy (non-hydrogen) atoms. The number of fused-ring (bicyclic) bond motifs is 1. The van der Waals surface area contributed by atoms with E-state index in [1.165, 1.54) is 0 Å². The summed E-state index contributed by atoms with van der Waals surface area (Å²) < 4.78 is 5.58. The van der Waals surface area contributed by atoms with Crippen LogP contribution in [0.2, 0.25) is 0 Å². The fourth-order valence-electron chi connectivity index (χ4n) is 2.64. The first-order chi connectivity index (χ1) is 10.5. The van der Waals surface area contributed by atoms with Crippen molar-refractivity contribution < 1.29 is 14.3 Å². The summed E-state index contributed by atoms with van der Waals surface area (Å²) in [4.78, 5) is 23.6. The lowest BCUT2D eigenvalue weighted by molar-refractivity contribution is -0.124. The van der Waals surface area contributed by atoms with Crippen LogP contribution in [0.5, 0.6) is 5.75 Å². The number of carbonyl (C=O) groups is 2. The number of nitrogens with one attached hydrogen (secondary N) is 2. The second kappa shape index (κ2) is 7.15. The summed E-state index contributed by atoms with van der Waals surface area (Å²) >= 11 is 0. The molecule has 0 saturated carbocycles. The average Bonchev–Trinajstić information content (AvgIpc) is 2.46. The van der Waals surface area contributed by atoms with Crippen LogP contribution < -0.4 is 21.1 Å². The fourth-order valence-corrected chi connectivity index (χ4v) is 2.64. The van der Waals surface area contributed by atoms with E-state index in [4.69, 9.17) is 10.5 Å². The molecule has 0 aliphatic carbocycles. The zero-order chi connectivity index (χ0) is 16.1. The van der Waals surface area contributed by atoms with Crippen molar-refractivity contribution in [1.29, 1.82) is 0 Å². The number of amides is 3. The molecule has 6 nitrogen and oxygen atoms in total. The predicted octanol–water partition coefficient (Wildman–Crippen LogP) is 1.71. The van der Waals surface area contributed by atoms with Crippen molar-refractivity contribution in [2.75, 3.05) is 6.61 Å². The summed E-state index contributed by atoms with van der Waals surface area (Å²) in [5.74, 6) is 0.848. The number of hydrogen-bond acceptors (Lipinski definition) is 3. The van der Waals surface area contributed by atoms with Crippen LogP contribution in [0.4, 0.5) is 4.79 Å². The highest BCUT2D eigenvalue weighted by Gasteiger charge is 2.27. The maximum Gasteiger partial charge on any atom is 0.312 e. The molecular formula is C16H23N3O3. The first-order valence-electron chi connectivity index (χ1n) is 7.55. The van der Waals surface area contributed by atoms with E-state index in [1.807, 2.05) is 38.1 Å². The number of primary amides is 1. The molecule has 0 fully saturated rings. The van der Waals surface area contributed by atoms with Crippen LogP contribution in [-0.2, 0) is 4.79 Å². The van der Waals surface area contributed by atoms with Crippen LogP contribution in [0.15, 0.2) is 24.3 Å². The lowest BCUT2D eigenvalue weighted by Gasteiger charge is -2.28. The van der Waals surface area contributed by atoms with Gasteiger partial charge in [0.1, 0.15) is 11.8 Å². The fraction of sp³-hybridized carbons (Fsp3) is 0.500. The highest BCUT2D eigenvalue weighted by molar-refractivity contribution is 5.86. The number of rotatable bonds is 5. The molecule has 0 unspecified atom stereocenters. The van der Waals surface area contributed by atoms with Gasteiger partial charge in [-0.2, -0.15) is 0 Å². The van der Waals surface area contributed by atoms with E-state index in [2.05, 4.69) is 10.6 Å². The maximum absolute atomic E-state index is 12.5. The molecule has 120 valence electrons. The highest BCUT2D eigenvalue weighted by atomic mass is 16.5. The molecule has 1 aliphatic rings. The van der Waals surface area contributed by atoms with Crippen LogP contribution in [-0.4, -0.2) is 24.6 Å². The molecule has 1 aromatic carbocycles. The van der Waals surface area contributed by atoms with Crippen molar-refractivity contribution in [2.45, 2.75) is 38.8 Å². The summed E-state index contributed by atoms with van der Waals surface area (Å²) in [5.41, 5.74) is 6.13. The number of urea groups is 1. The van der Waals surface area contributed by atoms with Gasteiger partial charge in [0, 0.05) is 12.0 Å². The van der Waals surface area contributed by atoms with E-state index in [-0.39, 0.29) is 17.9 Å². The van der Waals surface area contributed by atoms with Crippen LogP contribution in [0.25, 0.3) is 0 Å². The SMILES string of the molecule is CC(C)C[C@H](NC(N)=O)C(=O)N[C@H]1CCOc2ccccc21. The number of carbonyl (C=O) groups excluding carboxylic acids is 2. The van der Waals surface area contributed by atoms with E-state index in [0.29, 0.717) is 19.4 Å². The van der Waals surface area contributed by atoms with Gasteiger partial charge >= 0.3 is 6.03 Å². The summed E-state index contributed by atoms with van der Waals surface area (Å²) in [5, 5.41) is 5.52. The van der Waals surface area contributed by atoms with Gasteiger partial charge in [0.2, 0.25) is 5.91 Å². The second-order valence-electron chi connectivity index (χ2n) is 5.93. The van der Waals surface area contributed by atoms with Crippen molar-refractivity contribution in [3.63, 3.8) is 0 Å². The number of ether oxygens (including phenoxy) is 1. The summed E-state index contributed by atoms with van der Waals surface area (Å²) in [6.07, 6.45) is 1.24. The van der Waals surface area contributed by atoms with Gasteiger partial charge in [0.25, 0.3) is 0 Å². The molecule has 0 bridgehead atoms. The Hall–Kier alpha value is -2.24. The third-order valence-electron chi connectivity index (χ3n) is 3.62. The van der Waals surface area contributed by atoms with Gasteiger partial charge < -0.3 is 21.1 Å². The average molecular weight is 305 g/mol. The van der Waals surface area contributed by atoms with E-state index < -0.39 is 12.1 Å². The summed E-state index contributed by atoms with van der Waals surface area (Å²) in [6, 6.07) is 6.24. The van der Waals surface area contributed by atoms with E-state index in [0.717, 1.165) is 11.3 Å². The molecule has 0 spiro atoms. The van der Waals surface area contributed by atoms with Crippen molar-refractivity contribution in [1.82, 2.24) is 10.6 Å². The Labute approximate surface area is 130 Å². The summed E-state index contributed by atoms with van der Waals surface area (Å²) in [7, 11) is 0. The van der Waals surface area contributed by atoms with Gasteiger partial charge in [-0.1, -0.05) is 32.0 Å². The topological polar surface area (TPSA) is 93.5 Å². The zero-order valence-corrected chi connectivity index (χ0v) is 13.0. The quantitative estimate of drug-likeness (QED) is 0.773. The largest absolute Gasteiger partial charge is 0.493 e. The molecule has 2 atom stereocenters. The molecule has 2 rings (SSSR count). The molecule has 3 amide bonds. The Kier molecular flexibility index (Phi) is 5.25. The lowest BCUT2D eigenvalue weighted by atomic mass is 9.98. The minimum Gasteiger partial charge on any atom is -0.493 e. The van der Waals surface area contributed by atoms with Crippen molar-refractivity contribution in [3.05, 3.63) is 29.8 Å². The van der Waals surface area contributed by atoms with Crippen LogP contribution in [0, 0.1) is 5.92 Å². The van der Waals surface area contributed by atoms with E-state index >= 15 is 0 Å². The standard InChI is InChI=1S/C16H23N3O3/c1-10(2)9-13(19-16(17)21)15(20)18-12-7-8-22-14-6-4-3-5-11(12)14/h3-6,10,12-13H,7-9H2,1-2H3,(H,18,20)(H3,17,19,21)/t12-,13-/m0/s1. The Morgan fingerprint density at radius 1 is 1.36 bits per heavy atom. The first kappa shape index (κ1) is 16.1. The minimum absolute atomic E-state index is 0.109. The minimum atomic E-state index is -0.687. The normalized spacial score (nSPS) is 18.0. The van der Waals surface area contributed by atoms with Gasteiger partial charge in [-0.25, -0.2) is 4.79 Å². The molecule has 6 heteroatoms. The van der Waals surface area contributed by atoms with Gasteiger partial charge in [0.15, 0.2) is 0 Å².